The van der Waals surface area contributed by atoms with Crippen LogP contribution in [0.25, 0.3) is 0 Å². The van der Waals surface area contributed by atoms with E-state index in [-0.39, 0.29) is 17.4 Å². The minimum atomic E-state index is -0.0152. The van der Waals surface area contributed by atoms with Gasteiger partial charge in [-0.3, -0.25) is 9.69 Å². The molecule has 2 fully saturated rings. The summed E-state index contributed by atoms with van der Waals surface area (Å²) in [6.07, 6.45) is 5.51. The van der Waals surface area contributed by atoms with Gasteiger partial charge in [0.25, 0.3) is 0 Å². The zero-order valence-corrected chi connectivity index (χ0v) is 16.5. The first kappa shape index (κ1) is 18.8. The Hall–Kier alpha value is -0.980. The lowest BCUT2D eigenvalue weighted by atomic mass is 9.93. The number of carbonyl (C=O) groups excluding carboxylic acids is 1. The molecule has 1 amide bonds. The average molecular weight is 366 g/mol. The normalized spacial score (nSPS) is 23.6. The molecule has 25 heavy (non-hydrogen) atoms. The van der Waals surface area contributed by atoms with Crippen molar-refractivity contribution in [3.05, 3.63) is 11.1 Å². The van der Waals surface area contributed by atoms with Crippen molar-refractivity contribution in [3.8, 4) is 0 Å². The second-order valence-corrected chi connectivity index (χ2v) is 9.20. The summed E-state index contributed by atoms with van der Waals surface area (Å²) < 4.78 is 5.47. The van der Waals surface area contributed by atoms with E-state index in [1.54, 1.807) is 0 Å². The Morgan fingerprint density at radius 1 is 1.32 bits per heavy atom. The Morgan fingerprint density at radius 3 is 2.76 bits per heavy atom. The number of aromatic nitrogens is 1. The number of hydrogen-bond donors (Lipinski definition) is 1. The molecule has 3 rings (SSSR count). The van der Waals surface area contributed by atoms with E-state index in [2.05, 4.69) is 41.4 Å². The topological polar surface area (TPSA) is 54.5 Å². The molecule has 6 heteroatoms. The van der Waals surface area contributed by atoms with Gasteiger partial charge >= 0.3 is 0 Å². The molecule has 1 N–H and O–H groups in total. The maximum absolute atomic E-state index is 12.9. The molecule has 0 radical (unpaired) electrons. The molecular weight excluding hydrogens is 334 g/mol. The number of nitrogens with one attached hydrogen (secondary N) is 1. The fourth-order valence-electron chi connectivity index (χ4n) is 3.63. The largest absolute Gasteiger partial charge is 0.381 e. The van der Waals surface area contributed by atoms with Crippen molar-refractivity contribution in [2.45, 2.75) is 64.3 Å². The number of amides is 1. The summed E-state index contributed by atoms with van der Waals surface area (Å²) in [5.74, 6) is 0.774. The van der Waals surface area contributed by atoms with Crippen LogP contribution in [0.2, 0.25) is 0 Å². The molecule has 1 atom stereocenters. The average Bonchev–Trinajstić information content (AvgIpc) is 3.05. The number of thiazole rings is 1. The van der Waals surface area contributed by atoms with Gasteiger partial charge in [0.2, 0.25) is 5.91 Å². The van der Waals surface area contributed by atoms with Crippen molar-refractivity contribution >= 4 is 22.4 Å². The van der Waals surface area contributed by atoms with Crippen LogP contribution in [0.15, 0.2) is 5.38 Å². The van der Waals surface area contributed by atoms with Crippen molar-refractivity contribution in [3.63, 3.8) is 0 Å². The van der Waals surface area contributed by atoms with Gasteiger partial charge in [0.05, 0.1) is 11.7 Å². The third-order valence-corrected chi connectivity index (χ3v) is 6.01. The summed E-state index contributed by atoms with van der Waals surface area (Å²) in [6.45, 7) is 10.2. The van der Waals surface area contributed by atoms with Gasteiger partial charge < -0.3 is 10.1 Å². The van der Waals surface area contributed by atoms with Crippen molar-refractivity contribution in [2.75, 3.05) is 31.6 Å². The van der Waals surface area contributed by atoms with E-state index in [1.807, 2.05) is 0 Å². The Bertz CT molecular complexity index is 575. The number of carbonyl (C=O) groups is 1. The van der Waals surface area contributed by atoms with E-state index in [0.717, 1.165) is 62.8 Å². The first-order valence-corrected chi connectivity index (χ1v) is 10.4. The van der Waals surface area contributed by atoms with Crippen LogP contribution in [0.4, 0.5) is 5.13 Å². The zero-order chi connectivity index (χ0) is 17.9. The second-order valence-electron chi connectivity index (χ2n) is 8.34. The van der Waals surface area contributed by atoms with Gasteiger partial charge in [0.1, 0.15) is 0 Å². The van der Waals surface area contributed by atoms with Crippen LogP contribution in [0.1, 0.15) is 58.6 Å². The summed E-state index contributed by atoms with van der Waals surface area (Å²) in [6, 6.07) is -0.0152. The molecule has 1 aromatic rings. The summed E-state index contributed by atoms with van der Waals surface area (Å²) in [5, 5.41) is 5.85. The highest BCUT2D eigenvalue weighted by molar-refractivity contribution is 7.14. The predicted octanol–water partition coefficient (Wildman–Crippen LogP) is 3.66. The highest BCUT2D eigenvalue weighted by Crippen LogP contribution is 2.28. The van der Waals surface area contributed by atoms with E-state index < -0.39 is 0 Å². The molecule has 0 aromatic carbocycles. The lowest BCUT2D eigenvalue weighted by Crippen LogP contribution is -2.49. The maximum atomic E-state index is 12.9. The molecule has 140 valence electrons. The smallest absolute Gasteiger partial charge is 0.243 e. The molecule has 1 unspecified atom stereocenters. The van der Waals surface area contributed by atoms with Gasteiger partial charge in [-0.1, -0.05) is 27.2 Å². The number of anilines is 1. The van der Waals surface area contributed by atoms with Gasteiger partial charge in [-0.2, -0.15) is 0 Å². The van der Waals surface area contributed by atoms with Crippen molar-refractivity contribution < 1.29 is 9.53 Å². The minimum absolute atomic E-state index is 0.0133. The molecule has 5 nitrogen and oxygen atoms in total. The standard InChI is InChI=1S/C19H31N3O2S/c1-19(2,3)16-13-25-18(20-16)21-17(23)15-6-4-5-9-22(15)12-14-7-10-24-11-8-14/h13-15H,4-12H2,1-3H3,(H,20,21,23). The number of hydrogen-bond acceptors (Lipinski definition) is 5. The molecule has 0 spiro atoms. The Labute approximate surface area is 155 Å². The van der Waals surface area contributed by atoms with Crippen LogP contribution >= 0.6 is 11.3 Å². The fraction of sp³-hybridized carbons (Fsp3) is 0.789. The first-order chi connectivity index (χ1) is 11.9. The number of likely N-dealkylation sites (tertiary alicyclic amines) is 1. The van der Waals surface area contributed by atoms with Crippen LogP contribution in [0, 0.1) is 5.92 Å². The van der Waals surface area contributed by atoms with Crippen LogP contribution in [0.3, 0.4) is 0 Å². The first-order valence-electron chi connectivity index (χ1n) is 9.52. The fourth-order valence-corrected chi connectivity index (χ4v) is 4.57. The van der Waals surface area contributed by atoms with Gasteiger partial charge in [0.15, 0.2) is 5.13 Å². The lowest BCUT2D eigenvalue weighted by Gasteiger charge is -2.37. The zero-order valence-electron chi connectivity index (χ0n) is 15.7. The lowest BCUT2D eigenvalue weighted by molar-refractivity contribution is -0.122. The number of rotatable bonds is 4. The monoisotopic (exact) mass is 365 g/mol. The number of piperidine rings is 1. The van der Waals surface area contributed by atoms with Crippen LogP contribution in [-0.2, 0) is 14.9 Å². The second kappa shape index (κ2) is 8.14. The summed E-state index contributed by atoms with van der Waals surface area (Å²) in [4.78, 5) is 19.9. The Morgan fingerprint density at radius 2 is 2.08 bits per heavy atom. The van der Waals surface area contributed by atoms with Crippen molar-refractivity contribution in [1.82, 2.24) is 9.88 Å². The quantitative estimate of drug-likeness (QED) is 0.885. The van der Waals surface area contributed by atoms with E-state index in [4.69, 9.17) is 4.74 Å². The van der Waals surface area contributed by atoms with Crippen LogP contribution in [-0.4, -0.2) is 48.1 Å². The summed E-state index contributed by atoms with van der Waals surface area (Å²) >= 11 is 1.53. The molecule has 0 saturated carbocycles. The van der Waals surface area contributed by atoms with E-state index in [1.165, 1.54) is 17.8 Å². The molecule has 3 heterocycles. The predicted molar refractivity (Wildman–Crippen MR) is 102 cm³/mol. The van der Waals surface area contributed by atoms with E-state index in [0.29, 0.717) is 5.92 Å². The number of ether oxygens (including phenoxy) is 1. The van der Waals surface area contributed by atoms with Crippen LogP contribution in [0.5, 0.6) is 0 Å². The van der Waals surface area contributed by atoms with Gasteiger partial charge in [-0.25, -0.2) is 4.98 Å². The molecule has 0 aliphatic carbocycles. The van der Waals surface area contributed by atoms with Gasteiger partial charge in [0, 0.05) is 30.6 Å². The van der Waals surface area contributed by atoms with E-state index >= 15 is 0 Å². The highest BCUT2D eigenvalue weighted by Gasteiger charge is 2.31. The van der Waals surface area contributed by atoms with Gasteiger partial charge in [-0.15, -0.1) is 11.3 Å². The summed E-state index contributed by atoms with van der Waals surface area (Å²) in [7, 11) is 0. The Kier molecular flexibility index (Phi) is 6.12. The third kappa shape index (κ3) is 5.02. The van der Waals surface area contributed by atoms with Gasteiger partial charge in [-0.05, 0) is 38.1 Å². The van der Waals surface area contributed by atoms with Crippen LogP contribution < -0.4 is 5.32 Å². The highest BCUT2D eigenvalue weighted by atomic mass is 32.1. The summed E-state index contributed by atoms with van der Waals surface area (Å²) in [5.41, 5.74) is 1.05. The molecule has 2 saturated heterocycles. The van der Waals surface area contributed by atoms with Crippen molar-refractivity contribution in [2.24, 2.45) is 5.92 Å². The molecular formula is C19H31N3O2S. The Balaban J connectivity index is 1.61. The molecule has 0 bridgehead atoms. The number of nitrogens with zero attached hydrogens (tertiary/aromatic N) is 2. The molecule has 1 aromatic heterocycles. The molecule has 2 aliphatic rings. The van der Waals surface area contributed by atoms with Crippen molar-refractivity contribution in [1.29, 1.82) is 0 Å². The SMILES string of the molecule is CC(C)(C)c1csc(NC(=O)C2CCCCN2CC2CCOCC2)n1. The minimum Gasteiger partial charge on any atom is -0.381 e. The maximum Gasteiger partial charge on any atom is 0.243 e. The molecule has 2 aliphatic heterocycles. The van der Waals surface area contributed by atoms with E-state index in [9.17, 15) is 4.79 Å². The third-order valence-electron chi connectivity index (χ3n) is 5.25.